The molecule has 2 aliphatic rings. The van der Waals surface area contributed by atoms with Crippen LogP contribution in [0.25, 0.3) is 10.9 Å². The van der Waals surface area contributed by atoms with Crippen molar-refractivity contribution in [2.24, 2.45) is 11.7 Å². The highest BCUT2D eigenvalue weighted by Gasteiger charge is 2.35. The van der Waals surface area contributed by atoms with E-state index < -0.39 is 0 Å². The minimum Gasteiger partial charge on any atom is -0.353 e. The number of pyridine rings is 1. The number of fused-ring (bicyclic) bond motifs is 1. The van der Waals surface area contributed by atoms with Crippen LogP contribution in [0.4, 0.5) is 5.82 Å². The molecule has 1 aromatic carbocycles. The lowest BCUT2D eigenvalue weighted by Crippen LogP contribution is -2.30. The van der Waals surface area contributed by atoms with E-state index in [1.165, 1.54) is 43.2 Å². The molecule has 0 amide bonds. The molecular weight excluding hydrogens is 246 g/mol. The number of hydrogen-bond acceptors (Lipinski definition) is 3. The molecule has 4 rings (SSSR count). The maximum Gasteiger partial charge on any atom is 0.134 e. The molecule has 0 spiro atoms. The number of nitrogens with zero attached hydrogens (tertiary/aromatic N) is 2. The Morgan fingerprint density at radius 2 is 1.95 bits per heavy atom. The van der Waals surface area contributed by atoms with E-state index in [0.29, 0.717) is 12.6 Å². The summed E-state index contributed by atoms with van der Waals surface area (Å²) in [5.74, 6) is 2.02. The molecule has 20 heavy (non-hydrogen) atoms. The van der Waals surface area contributed by atoms with Crippen LogP contribution in [0.3, 0.4) is 0 Å². The summed E-state index contributed by atoms with van der Waals surface area (Å²) in [6.45, 7) is 1.74. The Morgan fingerprint density at radius 1 is 1.15 bits per heavy atom. The van der Waals surface area contributed by atoms with Crippen molar-refractivity contribution in [2.45, 2.75) is 38.3 Å². The summed E-state index contributed by atoms with van der Waals surface area (Å²) in [5, 5.41) is 1.19. The number of aromatic nitrogens is 1. The van der Waals surface area contributed by atoms with Crippen molar-refractivity contribution in [1.82, 2.24) is 4.98 Å². The maximum absolute atomic E-state index is 5.98. The molecule has 104 valence electrons. The summed E-state index contributed by atoms with van der Waals surface area (Å²) in [7, 11) is 0. The average Bonchev–Trinajstić information content (AvgIpc) is 3.37. The summed E-state index contributed by atoms with van der Waals surface area (Å²) in [4.78, 5) is 7.47. The van der Waals surface area contributed by atoms with Gasteiger partial charge in [0.25, 0.3) is 0 Å². The standard InChI is InChI=1S/C17H21N3/c18-10-14-9-13-3-1-2-4-16(13)19-17(14)20(15-7-8-15)11-12-5-6-12/h1-4,9,12,15H,5-8,10-11,18H2. The molecule has 0 unspecified atom stereocenters. The first-order valence-corrected chi connectivity index (χ1v) is 7.70. The van der Waals surface area contributed by atoms with Gasteiger partial charge in [-0.15, -0.1) is 0 Å². The predicted octanol–water partition coefficient (Wildman–Crippen LogP) is 3.07. The average molecular weight is 267 g/mol. The molecule has 0 saturated heterocycles. The highest BCUT2D eigenvalue weighted by molar-refractivity contribution is 5.82. The van der Waals surface area contributed by atoms with Gasteiger partial charge in [-0.25, -0.2) is 4.98 Å². The van der Waals surface area contributed by atoms with Crippen molar-refractivity contribution in [2.75, 3.05) is 11.4 Å². The first-order valence-electron chi connectivity index (χ1n) is 7.70. The molecule has 2 N–H and O–H groups in total. The minimum atomic E-state index is 0.570. The molecule has 2 aromatic rings. The second kappa shape index (κ2) is 4.74. The third-order valence-electron chi connectivity index (χ3n) is 4.41. The van der Waals surface area contributed by atoms with Crippen molar-refractivity contribution in [3.63, 3.8) is 0 Å². The second-order valence-corrected chi connectivity index (χ2v) is 6.19. The van der Waals surface area contributed by atoms with Crippen molar-refractivity contribution >= 4 is 16.7 Å². The van der Waals surface area contributed by atoms with Gasteiger partial charge in [0, 0.05) is 30.1 Å². The zero-order chi connectivity index (χ0) is 13.5. The first kappa shape index (κ1) is 12.2. The summed E-state index contributed by atoms with van der Waals surface area (Å²) in [6.07, 6.45) is 5.39. The first-order chi connectivity index (χ1) is 9.85. The highest BCUT2D eigenvalue weighted by Crippen LogP contribution is 2.38. The number of hydrogen-bond donors (Lipinski definition) is 1. The fraction of sp³-hybridized carbons (Fsp3) is 0.471. The molecule has 1 aromatic heterocycles. The Labute approximate surface area is 119 Å². The molecule has 2 saturated carbocycles. The predicted molar refractivity (Wildman–Crippen MR) is 82.7 cm³/mol. The summed E-state index contributed by atoms with van der Waals surface area (Å²) in [5.41, 5.74) is 8.26. The largest absolute Gasteiger partial charge is 0.353 e. The van der Waals surface area contributed by atoms with E-state index in [2.05, 4.69) is 35.2 Å². The lowest BCUT2D eigenvalue weighted by Gasteiger charge is -2.26. The van der Waals surface area contributed by atoms with Gasteiger partial charge in [-0.1, -0.05) is 18.2 Å². The lowest BCUT2D eigenvalue weighted by atomic mass is 10.1. The monoisotopic (exact) mass is 267 g/mol. The van der Waals surface area contributed by atoms with Gasteiger partial charge >= 0.3 is 0 Å². The zero-order valence-electron chi connectivity index (χ0n) is 11.8. The van der Waals surface area contributed by atoms with E-state index in [4.69, 9.17) is 10.7 Å². The molecule has 2 fully saturated rings. The van der Waals surface area contributed by atoms with Crippen LogP contribution in [0.2, 0.25) is 0 Å². The normalized spacial score (nSPS) is 18.4. The van der Waals surface area contributed by atoms with Gasteiger partial charge in [0.15, 0.2) is 0 Å². The highest BCUT2D eigenvalue weighted by atomic mass is 15.2. The van der Waals surface area contributed by atoms with E-state index in [9.17, 15) is 0 Å². The van der Waals surface area contributed by atoms with E-state index in [-0.39, 0.29) is 0 Å². The summed E-state index contributed by atoms with van der Waals surface area (Å²) < 4.78 is 0. The number of nitrogens with two attached hydrogens (primary N) is 1. The molecule has 2 aliphatic carbocycles. The minimum absolute atomic E-state index is 0.570. The van der Waals surface area contributed by atoms with Gasteiger partial charge in [-0.05, 0) is 43.7 Å². The third kappa shape index (κ3) is 2.27. The summed E-state index contributed by atoms with van der Waals surface area (Å²) >= 11 is 0. The molecule has 3 heteroatoms. The molecule has 0 radical (unpaired) electrons. The molecule has 3 nitrogen and oxygen atoms in total. The Bertz CT molecular complexity index is 629. The van der Waals surface area contributed by atoms with Gasteiger partial charge < -0.3 is 10.6 Å². The van der Waals surface area contributed by atoms with Gasteiger partial charge in [0.05, 0.1) is 5.52 Å². The zero-order valence-corrected chi connectivity index (χ0v) is 11.8. The van der Waals surface area contributed by atoms with Crippen molar-refractivity contribution < 1.29 is 0 Å². The molecule has 0 atom stereocenters. The molecule has 1 heterocycles. The van der Waals surface area contributed by atoms with Crippen LogP contribution in [0, 0.1) is 5.92 Å². The van der Waals surface area contributed by atoms with Crippen molar-refractivity contribution in [1.29, 1.82) is 0 Å². The van der Waals surface area contributed by atoms with Crippen LogP contribution in [0.15, 0.2) is 30.3 Å². The Balaban J connectivity index is 1.78. The van der Waals surface area contributed by atoms with Crippen LogP contribution in [0.5, 0.6) is 0 Å². The fourth-order valence-corrected chi connectivity index (χ4v) is 2.92. The van der Waals surface area contributed by atoms with Crippen LogP contribution in [-0.2, 0) is 6.54 Å². The van der Waals surface area contributed by atoms with Gasteiger partial charge in [0.1, 0.15) is 5.82 Å². The number of rotatable bonds is 5. The number of para-hydroxylation sites is 1. The van der Waals surface area contributed by atoms with Crippen molar-refractivity contribution in [3.8, 4) is 0 Å². The fourth-order valence-electron chi connectivity index (χ4n) is 2.92. The molecule has 0 aliphatic heterocycles. The quantitative estimate of drug-likeness (QED) is 0.905. The van der Waals surface area contributed by atoms with E-state index in [1.807, 2.05) is 0 Å². The smallest absolute Gasteiger partial charge is 0.134 e. The van der Waals surface area contributed by atoms with E-state index >= 15 is 0 Å². The second-order valence-electron chi connectivity index (χ2n) is 6.19. The Hall–Kier alpha value is -1.61. The molecule has 0 bridgehead atoms. The van der Waals surface area contributed by atoms with Crippen LogP contribution in [-0.4, -0.2) is 17.6 Å². The van der Waals surface area contributed by atoms with Gasteiger partial charge in [-0.3, -0.25) is 0 Å². The van der Waals surface area contributed by atoms with Crippen LogP contribution in [0.1, 0.15) is 31.2 Å². The number of benzene rings is 1. The van der Waals surface area contributed by atoms with E-state index in [0.717, 1.165) is 17.3 Å². The number of anilines is 1. The molecular formula is C17H21N3. The van der Waals surface area contributed by atoms with Crippen LogP contribution >= 0.6 is 0 Å². The van der Waals surface area contributed by atoms with Crippen molar-refractivity contribution in [3.05, 3.63) is 35.9 Å². The SMILES string of the molecule is NCc1cc2ccccc2nc1N(CC1CC1)C1CC1. The Morgan fingerprint density at radius 3 is 2.65 bits per heavy atom. The maximum atomic E-state index is 5.98. The third-order valence-corrected chi connectivity index (χ3v) is 4.41. The lowest BCUT2D eigenvalue weighted by molar-refractivity contribution is 0.705. The Kier molecular flexibility index (Phi) is 2.88. The van der Waals surface area contributed by atoms with Gasteiger partial charge in [-0.2, -0.15) is 0 Å². The van der Waals surface area contributed by atoms with E-state index in [1.54, 1.807) is 0 Å². The topological polar surface area (TPSA) is 42.1 Å². The van der Waals surface area contributed by atoms with Crippen LogP contribution < -0.4 is 10.6 Å². The van der Waals surface area contributed by atoms with Gasteiger partial charge in [0.2, 0.25) is 0 Å². The summed E-state index contributed by atoms with van der Waals surface area (Å²) in [6, 6.07) is 11.3.